The van der Waals surface area contributed by atoms with E-state index in [9.17, 15) is 19.7 Å². The van der Waals surface area contributed by atoms with Crippen molar-refractivity contribution in [3.8, 4) is 22.9 Å². The second-order valence-corrected chi connectivity index (χ2v) is 9.46. The van der Waals surface area contributed by atoms with Crippen molar-refractivity contribution in [2.24, 2.45) is 5.10 Å². The second kappa shape index (κ2) is 11.4. The molecule has 0 aliphatic rings. The zero-order valence-electron chi connectivity index (χ0n) is 22.6. The quantitative estimate of drug-likeness (QED) is 0.173. The number of hydrogen-bond acceptors (Lipinski definition) is 8. The summed E-state index contributed by atoms with van der Waals surface area (Å²) in [5, 5.41) is 25.5. The van der Waals surface area contributed by atoms with Gasteiger partial charge in [0, 0.05) is 17.2 Å². The highest BCUT2D eigenvalue weighted by atomic mass is 16.6. The van der Waals surface area contributed by atoms with Gasteiger partial charge in [0.25, 0.3) is 5.56 Å². The number of para-hydroxylation sites is 1. The van der Waals surface area contributed by atoms with Crippen LogP contribution in [0.5, 0.6) is 11.5 Å². The number of rotatable bonds is 9. The Labute approximate surface area is 229 Å². The molecule has 0 fully saturated rings. The largest absolute Gasteiger partial charge is 0.496 e. The average Bonchev–Trinajstić information content (AvgIpc) is 2.92. The van der Waals surface area contributed by atoms with E-state index in [4.69, 9.17) is 19.6 Å². The first-order chi connectivity index (χ1) is 19.0. The van der Waals surface area contributed by atoms with Crippen LogP contribution in [0.2, 0.25) is 0 Å². The van der Waals surface area contributed by atoms with Crippen molar-refractivity contribution in [1.82, 2.24) is 9.66 Å². The third-order valence-electron chi connectivity index (χ3n) is 6.35. The topological polar surface area (TPSA) is 146 Å². The molecule has 0 aliphatic heterocycles. The van der Waals surface area contributed by atoms with E-state index in [1.165, 1.54) is 36.0 Å². The molecule has 0 unspecified atom stereocenters. The maximum atomic E-state index is 13.6. The van der Waals surface area contributed by atoms with Gasteiger partial charge in [0.15, 0.2) is 17.7 Å². The van der Waals surface area contributed by atoms with Crippen LogP contribution in [0.4, 0.5) is 5.69 Å². The van der Waals surface area contributed by atoms with Gasteiger partial charge in [0.1, 0.15) is 5.75 Å². The number of carboxylic acids is 1. The number of hydrogen-bond donors (Lipinski definition) is 1. The third-order valence-corrected chi connectivity index (χ3v) is 6.35. The Hall–Kier alpha value is -5.06. The van der Waals surface area contributed by atoms with Crippen molar-refractivity contribution in [1.29, 1.82) is 0 Å². The second-order valence-electron chi connectivity index (χ2n) is 9.46. The van der Waals surface area contributed by atoms with Crippen molar-refractivity contribution >= 4 is 28.8 Å². The van der Waals surface area contributed by atoms with Crippen LogP contribution in [-0.4, -0.2) is 45.1 Å². The number of nitro benzene ring substituents is 1. The van der Waals surface area contributed by atoms with E-state index >= 15 is 0 Å². The number of aromatic nitrogens is 2. The van der Waals surface area contributed by atoms with E-state index in [1.807, 2.05) is 32.9 Å². The fourth-order valence-electron chi connectivity index (χ4n) is 4.19. The molecule has 3 aromatic carbocycles. The van der Waals surface area contributed by atoms with Gasteiger partial charge in [0.2, 0.25) is 0 Å². The molecule has 4 aromatic rings. The van der Waals surface area contributed by atoms with Gasteiger partial charge in [-0.2, -0.15) is 9.78 Å². The highest BCUT2D eigenvalue weighted by molar-refractivity contribution is 5.83. The number of benzene rings is 3. The summed E-state index contributed by atoms with van der Waals surface area (Å²) in [6.45, 7) is 7.23. The molecule has 1 aromatic heterocycles. The zero-order valence-corrected chi connectivity index (χ0v) is 22.6. The molecule has 0 amide bonds. The van der Waals surface area contributed by atoms with Crippen molar-refractivity contribution < 1.29 is 24.3 Å². The highest BCUT2D eigenvalue weighted by Gasteiger charge is 2.22. The predicted molar refractivity (Wildman–Crippen MR) is 151 cm³/mol. The Morgan fingerprint density at radius 3 is 2.50 bits per heavy atom. The molecule has 11 heteroatoms. The van der Waals surface area contributed by atoms with Gasteiger partial charge in [-0.1, -0.05) is 26.0 Å². The Bertz CT molecular complexity index is 1710. The summed E-state index contributed by atoms with van der Waals surface area (Å²) >= 11 is 0. The first-order valence-electron chi connectivity index (χ1n) is 12.4. The SMILES string of the molecule is COc1cc(C)c(-c2nc3ccccc3c(=O)n2N=Cc2ccc(O[C@H](C)C(=O)O)c([N+](=O)[O-])c2)cc1C(C)C. The maximum absolute atomic E-state index is 13.6. The van der Waals surface area contributed by atoms with Crippen LogP contribution in [0.1, 0.15) is 43.4 Å². The zero-order chi connectivity index (χ0) is 29.1. The van der Waals surface area contributed by atoms with E-state index in [2.05, 4.69) is 5.10 Å². The van der Waals surface area contributed by atoms with Gasteiger partial charge in [-0.25, -0.2) is 9.78 Å². The lowest BCUT2D eigenvalue weighted by Crippen LogP contribution is -2.23. The van der Waals surface area contributed by atoms with Gasteiger partial charge in [-0.05, 0) is 67.3 Å². The number of carbonyl (C=O) groups is 1. The fraction of sp³-hybridized carbons (Fsp3) is 0.241. The Balaban J connectivity index is 1.89. The molecule has 0 radical (unpaired) electrons. The van der Waals surface area contributed by atoms with Crippen LogP contribution in [0, 0.1) is 17.0 Å². The summed E-state index contributed by atoms with van der Waals surface area (Å²) in [5.74, 6) is -0.306. The number of carboxylic acid groups (broad SMARTS) is 1. The number of methoxy groups -OCH3 is 1. The normalized spacial score (nSPS) is 12.2. The number of aryl methyl sites for hydroxylation is 1. The fourth-order valence-corrected chi connectivity index (χ4v) is 4.19. The standard InChI is InChI=1S/C29H28N4O7/c1-16(2)21-14-22(17(3)12-26(21)39-5)27-31-23-9-7-6-8-20(23)28(34)32(27)30-15-19-10-11-25(24(13-19)33(37)38)40-18(4)29(35)36/h6-16,18H,1-5H3,(H,35,36)/t18-/m1/s1. The first kappa shape index (κ1) is 28.0. The molecule has 0 saturated carbocycles. The average molecular weight is 545 g/mol. The number of nitro groups is 1. The lowest BCUT2D eigenvalue weighted by atomic mass is 9.96. The maximum Gasteiger partial charge on any atom is 0.344 e. The summed E-state index contributed by atoms with van der Waals surface area (Å²) in [4.78, 5) is 40.5. The van der Waals surface area contributed by atoms with Crippen molar-refractivity contribution in [2.45, 2.75) is 39.7 Å². The smallest absolute Gasteiger partial charge is 0.344 e. The van der Waals surface area contributed by atoms with Crippen LogP contribution in [-0.2, 0) is 4.79 Å². The van der Waals surface area contributed by atoms with Gasteiger partial charge in [-0.15, -0.1) is 0 Å². The minimum absolute atomic E-state index is 0.128. The lowest BCUT2D eigenvalue weighted by Gasteiger charge is -2.17. The van der Waals surface area contributed by atoms with Gasteiger partial charge >= 0.3 is 11.7 Å². The molecular weight excluding hydrogens is 516 g/mol. The van der Waals surface area contributed by atoms with Crippen LogP contribution in [0.25, 0.3) is 22.3 Å². The summed E-state index contributed by atoms with van der Waals surface area (Å²) in [7, 11) is 1.60. The summed E-state index contributed by atoms with van der Waals surface area (Å²) in [6.07, 6.45) is 0.0209. The molecule has 0 spiro atoms. The van der Waals surface area contributed by atoms with E-state index in [0.717, 1.165) is 16.9 Å². The van der Waals surface area contributed by atoms with E-state index in [1.54, 1.807) is 31.4 Å². The molecule has 0 aliphatic carbocycles. The van der Waals surface area contributed by atoms with Crippen molar-refractivity contribution in [3.05, 3.63) is 91.8 Å². The van der Waals surface area contributed by atoms with Crippen LogP contribution < -0.4 is 15.0 Å². The summed E-state index contributed by atoms with van der Waals surface area (Å²) in [5.41, 5.74) is 2.38. The lowest BCUT2D eigenvalue weighted by molar-refractivity contribution is -0.386. The molecule has 4 rings (SSSR count). The van der Waals surface area contributed by atoms with Gasteiger partial charge in [0.05, 0.1) is 29.2 Å². The third kappa shape index (κ3) is 5.53. The monoisotopic (exact) mass is 544 g/mol. The van der Waals surface area contributed by atoms with Crippen LogP contribution >= 0.6 is 0 Å². The highest BCUT2D eigenvalue weighted by Crippen LogP contribution is 2.34. The molecule has 11 nitrogen and oxygen atoms in total. The van der Waals surface area contributed by atoms with Crippen LogP contribution in [0.15, 0.2) is 64.5 Å². The first-order valence-corrected chi connectivity index (χ1v) is 12.4. The van der Waals surface area contributed by atoms with Crippen molar-refractivity contribution in [3.63, 3.8) is 0 Å². The molecule has 0 bridgehead atoms. The molecule has 1 atom stereocenters. The van der Waals surface area contributed by atoms with Crippen molar-refractivity contribution in [2.75, 3.05) is 7.11 Å². The predicted octanol–water partition coefficient (Wildman–Crippen LogP) is 5.15. The van der Waals surface area contributed by atoms with Crippen LogP contribution in [0.3, 0.4) is 0 Å². The molecule has 1 heterocycles. The molecule has 1 N–H and O–H groups in total. The molecule has 0 saturated heterocycles. The number of nitrogens with zero attached hydrogens (tertiary/aromatic N) is 4. The minimum atomic E-state index is -1.29. The molecular formula is C29H28N4O7. The van der Waals surface area contributed by atoms with E-state index in [-0.39, 0.29) is 11.7 Å². The molecule has 40 heavy (non-hydrogen) atoms. The van der Waals surface area contributed by atoms with Gasteiger partial charge < -0.3 is 14.6 Å². The minimum Gasteiger partial charge on any atom is -0.496 e. The Morgan fingerprint density at radius 2 is 1.85 bits per heavy atom. The van der Waals surface area contributed by atoms with E-state index in [0.29, 0.717) is 27.9 Å². The number of aliphatic carboxylic acids is 1. The number of fused-ring (bicyclic) bond motifs is 1. The Morgan fingerprint density at radius 1 is 1.12 bits per heavy atom. The molecule has 206 valence electrons. The summed E-state index contributed by atoms with van der Waals surface area (Å²) < 4.78 is 12.0. The number of ether oxygens (including phenoxy) is 2. The summed E-state index contributed by atoms with van der Waals surface area (Å²) in [6, 6.07) is 14.7. The Kier molecular flexibility index (Phi) is 7.94. The van der Waals surface area contributed by atoms with Gasteiger partial charge in [-0.3, -0.25) is 14.9 Å². The van der Waals surface area contributed by atoms with E-state index < -0.39 is 28.2 Å².